The smallest absolute Gasteiger partial charge is 0.322 e. The molecule has 0 saturated carbocycles. The number of carbonyl (C=O) groups excluding carboxylic acids is 4. The number of rotatable bonds is 5. The number of aryl methyl sites for hydroxylation is 1. The van der Waals surface area contributed by atoms with Crippen molar-refractivity contribution in [3.8, 4) is 0 Å². The molecule has 0 spiro atoms. The number of nitrogens with one attached hydrogen (secondary N) is 2. The van der Waals surface area contributed by atoms with Crippen LogP contribution in [0.15, 0.2) is 60.9 Å². The standard InChI is InChI=1S/C27H27N5O4/c1-17-3-5-18(6-4-17)23(33)20-15-28-32(16-20)22-11-13-31(14-12-22)24(34)19-7-9-21(10-8-19)27(2)25(35)29-26(36)30-27/h3-10,15-16,22H,11-14H2,1-2H3,(H2,29,30,35,36). The first-order valence-corrected chi connectivity index (χ1v) is 11.9. The second-order valence-electron chi connectivity index (χ2n) is 9.54. The summed E-state index contributed by atoms with van der Waals surface area (Å²) < 4.78 is 1.83. The monoisotopic (exact) mass is 485 g/mol. The molecule has 5 rings (SSSR count). The van der Waals surface area contributed by atoms with Crippen molar-refractivity contribution in [1.82, 2.24) is 25.3 Å². The summed E-state index contributed by atoms with van der Waals surface area (Å²) in [7, 11) is 0. The maximum atomic E-state index is 13.1. The number of hydrogen-bond donors (Lipinski definition) is 2. The van der Waals surface area contributed by atoms with Crippen LogP contribution in [0, 0.1) is 6.92 Å². The predicted octanol–water partition coefficient (Wildman–Crippen LogP) is 2.95. The number of benzene rings is 2. The zero-order valence-electron chi connectivity index (χ0n) is 20.2. The molecule has 2 aliphatic rings. The number of carbonyl (C=O) groups is 4. The maximum Gasteiger partial charge on any atom is 0.322 e. The van der Waals surface area contributed by atoms with Crippen molar-refractivity contribution < 1.29 is 19.2 Å². The number of hydrogen-bond acceptors (Lipinski definition) is 5. The minimum Gasteiger partial charge on any atom is -0.338 e. The first-order chi connectivity index (χ1) is 17.2. The van der Waals surface area contributed by atoms with Crippen molar-refractivity contribution in [3.63, 3.8) is 0 Å². The van der Waals surface area contributed by atoms with E-state index in [1.807, 2.05) is 35.9 Å². The summed E-state index contributed by atoms with van der Waals surface area (Å²) in [4.78, 5) is 51.3. The number of likely N-dealkylation sites (tertiary alicyclic amines) is 1. The van der Waals surface area contributed by atoms with Crippen molar-refractivity contribution in [2.45, 2.75) is 38.3 Å². The van der Waals surface area contributed by atoms with Crippen LogP contribution in [0.3, 0.4) is 0 Å². The molecule has 2 aliphatic heterocycles. The molecule has 2 fully saturated rings. The number of urea groups is 1. The van der Waals surface area contributed by atoms with Crippen LogP contribution >= 0.6 is 0 Å². The summed E-state index contributed by atoms with van der Waals surface area (Å²) >= 11 is 0. The predicted molar refractivity (Wildman–Crippen MR) is 131 cm³/mol. The third kappa shape index (κ3) is 4.28. The molecule has 0 aliphatic carbocycles. The number of aromatic nitrogens is 2. The third-order valence-electron chi connectivity index (χ3n) is 7.06. The second-order valence-corrected chi connectivity index (χ2v) is 9.54. The third-order valence-corrected chi connectivity index (χ3v) is 7.06. The molecular weight excluding hydrogens is 458 g/mol. The van der Waals surface area contributed by atoms with E-state index in [2.05, 4.69) is 15.7 Å². The van der Waals surface area contributed by atoms with Crippen molar-refractivity contribution in [3.05, 3.63) is 88.7 Å². The molecule has 3 aromatic rings. The highest BCUT2D eigenvalue weighted by atomic mass is 16.2. The van der Waals surface area contributed by atoms with Gasteiger partial charge >= 0.3 is 6.03 Å². The summed E-state index contributed by atoms with van der Waals surface area (Å²) in [5.41, 5.74) is 2.27. The Morgan fingerprint density at radius 2 is 1.58 bits per heavy atom. The molecule has 9 nitrogen and oxygen atoms in total. The average molecular weight is 486 g/mol. The van der Waals surface area contributed by atoms with E-state index in [0.717, 1.165) is 18.4 Å². The zero-order chi connectivity index (χ0) is 25.4. The summed E-state index contributed by atoms with van der Waals surface area (Å²) in [6, 6.07) is 13.8. The molecule has 36 heavy (non-hydrogen) atoms. The second kappa shape index (κ2) is 9.07. The molecule has 3 heterocycles. The molecule has 2 N–H and O–H groups in total. The van der Waals surface area contributed by atoms with Crippen LogP contribution in [-0.2, 0) is 10.3 Å². The van der Waals surface area contributed by atoms with Crippen molar-refractivity contribution in [2.24, 2.45) is 0 Å². The number of ketones is 1. The largest absolute Gasteiger partial charge is 0.338 e. The number of amides is 4. The maximum absolute atomic E-state index is 13.1. The Labute approximate surface area is 208 Å². The van der Waals surface area contributed by atoms with Gasteiger partial charge in [-0.15, -0.1) is 0 Å². The van der Waals surface area contributed by atoms with Gasteiger partial charge in [-0.05, 0) is 44.4 Å². The highest BCUT2D eigenvalue weighted by molar-refractivity contribution is 6.09. The SMILES string of the molecule is Cc1ccc(C(=O)c2cnn(C3CCN(C(=O)c4ccc(C5(C)NC(=O)NC5=O)cc4)CC3)c2)cc1. The summed E-state index contributed by atoms with van der Waals surface area (Å²) in [6.07, 6.45) is 4.86. The normalized spacial score (nSPS) is 20.2. The lowest BCUT2D eigenvalue weighted by molar-refractivity contribution is -0.123. The van der Waals surface area contributed by atoms with Gasteiger partial charge in [-0.3, -0.25) is 24.4 Å². The van der Waals surface area contributed by atoms with Gasteiger partial charge in [-0.25, -0.2) is 4.79 Å². The quantitative estimate of drug-likeness (QED) is 0.426. The van der Waals surface area contributed by atoms with E-state index in [1.165, 1.54) is 0 Å². The van der Waals surface area contributed by atoms with Crippen LogP contribution in [-0.4, -0.2) is 51.4 Å². The van der Waals surface area contributed by atoms with E-state index in [-0.39, 0.29) is 17.7 Å². The van der Waals surface area contributed by atoms with E-state index < -0.39 is 17.5 Å². The Balaban J connectivity index is 1.20. The van der Waals surface area contributed by atoms with Gasteiger partial charge in [0.15, 0.2) is 5.78 Å². The van der Waals surface area contributed by atoms with Gasteiger partial charge < -0.3 is 10.2 Å². The van der Waals surface area contributed by atoms with E-state index in [9.17, 15) is 19.2 Å². The fraction of sp³-hybridized carbons (Fsp3) is 0.296. The first-order valence-electron chi connectivity index (χ1n) is 11.9. The van der Waals surface area contributed by atoms with Crippen LogP contribution in [0.4, 0.5) is 4.79 Å². The van der Waals surface area contributed by atoms with Crippen molar-refractivity contribution in [2.75, 3.05) is 13.1 Å². The lowest BCUT2D eigenvalue weighted by Crippen LogP contribution is -2.41. The Morgan fingerprint density at radius 1 is 0.944 bits per heavy atom. The highest BCUT2D eigenvalue weighted by Crippen LogP contribution is 2.27. The Bertz CT molecular complexity index is 1340. The Kier molecular flexibility index (Phi) is 5.91. The molecule has 0 bridgehead atoms. The molecule has 2 aromatic carbocycles. The van der Waals surface area contributed by atoms with Crippen LogP contribution in [0.5, 0.6) is 0 Å². The van der Waals surface area contributed by atoms with Gasteiger partial charge in [0.2, 0.25) is 0 Å². The lowest BCUT2D eigenvalue weighted by atomic mass is 9.91. The van der Waals surface area contributed by atoms with Gasteiger partial charge in [-0.2, -0.15) is 5.10 Å². The average Bonchev–Trinajstić information content (AvgIpc) is 3.48. The fourth-order valence-corrected chi connectivity index (χ4v) is 4.74. The lowest BCUT2D eigenvalue weighted by Gasteiger charge is -2.32. The van der Waals surface area contributed by atoms with Gasteiger partial charge in [0.05, 0.1) is 17.8 Å². The van der Waals surface area contributed by atoms with Gasteiger partial charge in [0, 0.05) is 30.4 Å². The van der Waals surface area contributed by atoms with E-state index in [1.54, 1.807) is 48.5 Å². The molecule has 2 saturated heterocycles. The molecule has 1 unspecified atom stereocenters. The molecule has 4 amide bonds. The van der Waals surface area contributed by atoms with E-state index in [0.29, 0.717) is 35.3 Å². The minimum absolute atomic E-state index is 0.0548. The number of piperidine rings is 1. The summed E-state index contributed by atoms with van der Waals surface area (Å²) in [5, 5.41) is 9.29. The van der Waals surface area contributed by atoms with Crippen LogP contribution in [0.2, 0.25) is 0 Å². The summed E-state index contributed by atoms with van der Waals surface area (Å²) in [5.74, 6) is -0.558. The fourth-order valence-electron chi connectivity index (χ4n) is 4.74. The first kappa shape index (κ1) is 23.5. The Morgan fingerprint density at radius 3 is 2.19 bits per heavy atom. The van der Waals surface area contributed by atoms with Crippen molar-refractivity contribution in [1.29, 1.82) is 0 Å². The number of nitrogens with zero attached hydrogens (tertiary/aromatic N) is 3. The van der Waals surface area contributed by atoms with E-state index >= 15 is 0 Å². The number of imide groups is 1. The topological polar surface area (TPSA) is 113 Å². The summed E-state index contributed by atoms with van der Waals surface area (Å²) in [6.45, 7) is 4.75. The minimum atomic E-state index is -1.15. The molecule has 1 aromatic heterocycles. The molecule has 9 heteroatoms. The van der Waals surface area contributed by atoms with Crippen LogP contribution in [0.25, 0.3) is 0 Å². The van der Waals surface area contributed by atoms with Crippen LogP contribution in [0.1, 0.15) is 63.2 Å². The van der Waals surface area contributed by atoms with Gasteiger partial charge in [0.1, 0.15) is 5.54 Å². The molecule has 184 valence electrons. The molecule has 1 atom stereocenters. The zero-order valence-corrected chi connectivity index (χ0v) is 20.2. The van der Waals surface area contributed by atoms with E-state index in [4.69, 9.17) is 0 Å². The van der Waals surface area contributed by atoms with Gasteiger partial charge in [-0.1, -0.05) is 42.0 Å². The highest BCUT2D eigenvalue weighted by Gasteiger charge is 2.43. The molecule has 0 radical (unpaired) electrons. The van der Waals surface area contributed by atoms with Crippen molar-refractivity contribution >= 4 is 23.6 Å². The van der Waals surface area contributed by atoms with Gasteiger partial charge in [0.25, 0.3) is 11.8 Å². The Hall–Kier alpha value is -4.27. The molecular formula is C27H27N5O4. The van der Waals surface area contributed by atoms with Crippen LogP contribution < -0.4 is 10.6 Å².